The Balaban J connectivity index is 4.24. The molecule has 6 N–H and O–H groups in total. The number of rotatable bonds is 8. The summed E-state index contributed by atoms with van der Waals surface area (Å²) in [5, 5.41) is 5.36. The van der Waals surface area contributed by atoms with Crippen LogP contribution < -0.4 is 22.1 Å². The molecule has 0 aliphatic carbocycles. The van der Waals surface area contributed by atoms with Crippen molar-refractivity contribution in [2.75, 3.05) is 13.1 Å². The maximum absolute atomic E-state index is 11.7. The van der Waals surface area contributed by atoms with E-state index in [1.165, 1.54) is 0 Å². The van der Waals surface area contributed by atoms with Gasteiger partial charge in [0.05, 0.1) is 0 Å². The van der Waals surface area contributed by atoms with Gasteiger partial charge in [0, 0.05) is 19.5 Å². The van der Waals surface area contributed by atoms with Crippen molar-refractivity contribution in [3.8, 4) is 0 Å². The molecule has 7 nitrogen and oxygen atoms in total. The summed E-state index contributed by atoms with van der Waals surface area (Å²) < 4.78 is 0. The number of amides is 2. The van der Waals surface area contributed by atoms with Crippen molar-refractivity contribution in [2.45, 2.75) is 39.2 Å². The molecule has 1 atom stereocenters. The maximum Gasteiger partial charge on any atom is 0.242 e. The summed E-state index contributed by atoms with van der Waals surface area (Å²) in [6, 6.07) is -0.522. The highest BCUT2D eigenvalue weighted by Crippen LogP contribution is 1.99. The van der Waals surface area contributed by atoms with Gasteiger partial charge in [-0.1, -0.05) is 6.92 Å². The minimum atomic E-state index is -0.522. The van der Waals surface area contributed by atoms with E-state index in [4.69, 9.17) is 11.5 Å². The van der Waals surface area contributed by atoms with E-state index in [-0.39, 0.29) is 17.8 Å². The van der Waals surface area contributed by atoms with Crippen molar-refractivity contribution in [3.05, 3.63) is 0 Å². The Hall–Kier alpha value is -1.79. The molecule has 104 valence electrons. The van der Waals surface area contributed by atoms with Crippen LogP contribution >= 0.6 is 0 Å². The van der Waals surface area contributed by atoms with E-state index < -0.39 is 6.04 Å². The first-order valence-corrected chi connectivity index (χ1v) is 6.13. The third-order valence-electron chi connectivity index (χ3n) is 2.27. The molecule has 0 aromatic carbocycles. The lowest BCUT2D eigenvalue weighted by atomic mass is 10.1. The lowest BCUT2D eigenvalue weighted by Gasteiger charge is -2.17. The van der Waals surface area contributed by atoms with Gasteiger partial charge in [-0.2, -0.15) is 0 Å². The van der Waals surface area contributed by atoms with Crippen LogP contribution in [0.3, 0.4) is 0 Å². The van der Waals surface area contributed by atoms with Crippen LogP contribution in [0.2, 0.25) is 0 Å². The van der Waals surface area contributed by atoms with Gasteiger partial charge in [-0.3, -0.25) is 14.6 Å². The standard InChI is InChI=1S/C11H23N5O2/c1-3-9(17)16-8(10(18)14-4-2)6-5-7-15-11(12)13/h8H,3-7H2,1-2H3,(H,14,18)(H,16,17)(H4,12,13,15)/t8-/m0/s1. The largest absolute Gasteiger partial charge is 0.370 e. The first-order valence-electron chi connectivity index (χ1n) is 6.13. The molecule has 0 bridgehead atoms. The molecule has 0 unspecified atom stereocenters. The second-order valence-electron chi connectivity index (χ2n) is 3.82. The fourth-order valence-corrected chi connectivity index (χ4v) is 1.37. The molecule has 0 fully saturated rings. The molecule has 0 aliphatic heterocycles. The predicted octanol–water partition coefficient (Wildman–Crippen LogP) is -0.929. The maximum atomic E-state index is 11.7. The van der Waals surface area contributed by atoms with Gasteiger partial charge in [0.15, 0.2) is 5.96 Å². The highest BCUT2D eigenvalue weighted by atomic mass is 16.2. The number of nitrogens with zero attached hydrogens (tertiary/aromatic N) is 1. The number of carbonyl (C=O) groups excluding carboxylic acids is 2. The molecule has 0 saturated heterocycles. The summed E-state index contributed by atoms with van der Waals surface area (Å²) >= 11 is 0. The summed E-state index contributed by atoms with van der Waals surface area (Å²) in [7, 11) is 0. The third kappa shape index (κ3) is 7.48. The van der Waals surface area contributed by atoms with Gasteiger partial charge < -0.3 is 22.1 Å². The Morgan fingerprint density at radius 3 is 2.44 bits per heavy atom. The van der Waals surface area contributed by atoms with Crippen LogP contribution in [0.25, 0.3) is 0 Å². The number of hydrogen-bond donors (Lipinski definition) is 4. The van der Waals surface area contributed by atoms with Gasteiger partial charge in [-0.05, 0) is 19.8 Å². The van der Waals surface area contributed by atoms with Crippen molar-refractivity contribution >= 4 is 17.8 Å². The third-order valence-corrected chi connectivity index (χ3v) is 2.27. The highest BCUT2D eigenvalue weighted by molar-refractivity contribution is 5.87. The minimum absolute atomic E-state index is 0.0298. The van der Waals surface area contributed by atoms with Crippen LogP contribution in [0, 0.1) is 0 Å². The van der Waals surface area contributed by atoms with Crippen molar-refractivity contribution in [3.63, 3.8) is 0 Å². The van der Waals surface area contributed by atoms with Crippen molar-refractivity contribution in [1.29, 1.82) is 0 Å². The number of likely N-dealkylation sites (N-methyl/N-ethyl adjacent to an activating group) is 1. The minimum Gasteiger partial charge on any atom is -0.370 e. The second kappa shape index (κ2) is 9.26. The molecule has 0 radical (unpaired) electrons. The fourth-order valence-electron chi connectivity index (χ4n) is 1.37. The first-order chi connectivity index (χ1) is 8.51. The zero-order chi connectivity index (χ0) is 14.0. The Labute approximate surface area is 107 Å². The SMILES string of the molecule is CCNC(=O)[C@H](CCCN=C(N)N)NC(=O)CC. The molecule has 0 rings (SSSR count). The first kappa shape index (κ1) is 16.2. The monoisotopic (exact) mass is 257 g/mol. The fraction of sp³-hybridized carbons (Fsp3) is 0.727. The molecule has 18 heavy (non-hydrogen) atoms. The Morgan fingerprint density at radius 2 is 1.94 bits per heavy atom. The highest BCUT2D eigenvalue weighted by Gasteiger charge is 2.18. The molecule has 0 saturated carbocycles. The molecular weight excluding hydrogens is 234 g/mol. The van der Waals surface area contributed by atoms with E-state index in [1.54, 1.807) is 6.92 Å². The smallest absolute Gasteiger partial charge is 0.242 e. The van der Waals surface area contributed by atoms with Gasteiger partial charge in [0.2, 0.25) is 11.8 Å². The van der Waals surface area contributed by atoms with Gasteiger partial charge >= 0.3 is 0 Å². The van der Waals surface area contributed by atoms with Gasteiger partial charge in [0.1, 0.15) is 6.04 Å². The molecule has 0 aromatic heterocycles. The van der Waals surface area contributed by atoms with Gasteiger partial charge in [-0.15, -0.1) is 0 Å². The van der Waals surface area contributed by atoms with Crippen molar-refractivity contribution in [2.24, 2.45) is 16.5 Å². The predicted molar refractivity (Wildman–Crippen MR) is 70.8 cm³/mol. The Morgan fingerprint density at radius 1 is 1.28 bits per heavy atom. The summed E-state index contributed by atoms with van der Waals surface area (Å²) in [6.45, 7) is 4.55. The summed E-state index contributed by atoms with van der Waals surface area (Å²) in [5.41, 5.74) is 10.4. The summed E-state index contributed by atoms with van der Waals surface area (Å²) in [4.78, 5) is 26.9. The molecular formula is C11H23N5O2. The van der Waals surface area contributed by atoms with E-state index in [0.717, 1.165) is 0 Å². The molecule has 0 aromatic rings. The van der Waals surface area contributed by atoms with Crippen LogP contribution in [0.15, 0.2) is 4.99 Å². The summed E-state index contributed by atoms with van der Waals surface area (Å²) in [5.74, 6) is -0.292. The average Bonchev–Trinajstić information content (AvgIpc) is 2.32. The number of carbonyl (C=O) groups is 2. The number of hydrogen-bond acceptors (Lipinski definition) is 3. The number of aliphatic imine (C=N–C) groups is 1. The van der Waals surface area contributed by atoms with E-state index in [9.17, 15) is 9.59 Å². The van der Waals surface area contributed by atoms with E-state index >= 15 is 0 Å². The second-order valence-corrected chi connectivity index (χ2v) is 3.82. The average molecular weight is 257 g/mol. The van der Waals surface area contributed by atoms with Crippen LogP contribution in [0.5, 0.6) is 0 Å². The van der Waals surface area contributed by atoms with Gasteiger partial charge in [-0.25, -0.2) is 0 Å². The Bertz CT molecular complexity index is 300. The van der Waals surface area contributed by atoms with Crippen molar-refractivity contribution < 1.29 is 9.59 Å². The molecule has 2 amide bonds. The van der Waals surface area contributed by atoms with E-state index in [1.807, 2.05) is 6.92 Å². The van der Waals surface area contributed by atoms with Crippen LogP contribution in [0.1, 0.15) is 33.1 Å². The molecule has 0 heterocycles. The lowest BCUT2D eigenvalue weighted by Crippen LogP contribution is -2.46. The van der Waals surface area contributed by atoms with Crippen molar-refractivity contribution in [1.82, 2.24) is 10.6 Å². The van der Waals surface area contributed by atoms with Crippen LogP contribution in [0.4, 0.5) is 0 Å². The quantitative estimate of drug-likeness (QED) is 0.255. The van der Waals surface area contributed by atoms with Crippen LogP contribution in [-0.4, -0.2) is 36.9 Å². The molecule has 0 aliphatic rings. The van der Waals surface area contributed by atoms with Crippen LogP contribution in [-0.2, 0) is 9.59 Å². The Kier molecular flexibility index (Phi) is 8.34. The zero-order valence-electron chi connectivity index (χ0n) is 11.0. The number of nitrogens with two attached hydrogens (primary N) is 2. The normalized spacial score (nSPS) is 11.4. The van der Waals surface area contributed by atoms with E-state index in [0.29, 0.717) is 32.4 Å². The lowest BCUT2D eigenvalue weighted by molar-refractivity contribution is -0.129. The number of guanidine groups is 1. The summed E-state index contributed by atoms with van der Waals surface area (Å²) in [6.07, 6.45) is 1.49. The zero-order valence-corrected chi connectivity index (χ0v) is 11.0. The molecule has 0 spiro atoms. The number of nitrogens with one attached hydrogen (secondary N) is 2. The van der Waals surface area contributed by atoms with E-state index in [2.05, 4.69) is 15.6 Å². The molecule has 7 heteroatoms. The topological polar surface area (TPSA) is 123 Å². The van der Waals surface area contributed by atoms with Gasteiger partial charge in [0.25, 0.3) is 0 Å².